The molecule has 0 atom stereocenters. The fourth-order valence-corrected chi connectivity index (χ4v) is 1.80. The number of benzene rings is 2. The molecule has 0 unspecified atom stereocenters. The summed E-state index contributed by atoms with van der Waals surface area (Å²) in [6.07, 6.45) is 0. The van der Waals surface area contributed by atoms with Gasteiger partial charge in [-0.25, -0.2) is 9.59 Å². The predicted octanol–water partition coefficient (Wildman–Crippen LogP) is 3.30. The van der Waals surface area contributed by atoms with Crippen LogP contribution >= 0.6 is 0 Å². The van der Waals surface area contributed by atoms with E-state index in [4.69, 9.17) is 4.74 Å². The second-order valence-electron chi connectivity index (χ2n) is 4.31. The predicted molar refractivity (Wildman–Crippen MR) is 72.1 cm³/mol. The lowest BCUT2D eigenvalue weighted by molar-refractivity contribution is 0.0397. The van der Waals surface area contributed by atoms with Crippen molar-refractivity contribution in [2.75, 3.05) is 0 Å². The first kappa shape index (κ1) is 13.0. The van der Waals surface area contributed by atoms with Crippen LogP contribution in [0.25, 0.3) is 0 Å². The molecule has 0 fully saturated rings. The number of ether oxygens (including phenoxy) is 1. The van der Waals surface area contributed by atoms with Gasteiger partial charge in [0.2, 0.25) is 0 Å². The molecule has 3 heteroatoms. The van der Waals surface area contributed by atoms with E-state index in [2.05, 4.69) is 0 Å². The minimum Gasteiger partial charge on any atom is -0.386 e. The van der Waals surface area contributed by atoms with Gasteiger partial charge in [-0.15, -0.1) is 0 Å². The summed E-state index contributed by atoms with van der Waals surface area (Å²) in [5.41, 5.74) is 2.38. The zero-order valence-corrected chi connectivity index (χ0v) is 10.8. The first-order chi connectivity index (χ1) is 9.09. The monoisotopic (exact) mass is 254 g/mol. The number of carbonyl (C=O) groups excluding carboxylic acids is 2. The number of aryl methyl sites for hydroxylation is 2. The number of esters is 2. The molecule has 0 aromatic heterocycles. The molecule has 0 amide bonds. The summed E-state index contributed by atoms with van der Waals surface area (Å²) < 4.78 is 4.91. The third kappa shape index (κ3) is 2.88. The summed E-state index contributed by atoms with van der Waals surface area (Å²) in [5.74, 6) is -1.24. The highest BCUT2D eigenvalue weighted by Crippen LogP contribution is 2.12. The Hall–Kier alpha value is -2.42. The topological polar surface area (TPSA) is 43.4 Å². The van der Waals surface area contributed by atoms with Gasteiger partial charge in [-0.05, 0) is 37.1 Å². The Kier molecular flexibility index (Phi) is 3.76. The second-order valence-corrected chi connectivity index (χ2v) is 4.31. The molecule has 0 spiro atoms. The molecule has 19 heavy (non-hydrogen) atoms. The Labute approximate surface area is 111 Å². The van der Waals surface area contributed by atoms with Crippen molar-refractivity contribution in [2.45, 2.75) is 13.8 Å². The van der Waals surface area contributed by atoms with Crippen molar-refractivity contribution >= 4 is 11.9 Å². The molecule has 0 heterocycles. The molecule has 2 aromatic rings. The maximum Gasteiger partial charge on any atom is 0.346 e. The maximum atomic E-state index is 11.9. The smallest absolute Gasteiger partial charge is 0.346 e. The molecule has 0 aliphatic rings. The third-order valence-electron chi connectivity index (χ3n) is 2.92. The fourth-order valence-electron chi connectivity index (χ4n) is 1.80. The summed E-state index contributed by atoms with van der Waals surface area (Å²) in [4.78, 5) is 23.8. The molecule has 0 aliphatic carbocycles. The molecule has 0 radical (unpaired) electrons. The van der Waals surface area contributed by atoms with Crippen molar-refractivity contribution in [1.29, 1.82) is 0 Å². The minimum absolute atomic E-state index is 0.407. The number of hydrogen-bond donors (Lipinski definition) is 0. The van der Waals surface area contributed by atoms with Crippen molar-refractivity contribution in [3.05, 3.63) is 70.8 Å². The van der Waals surface area contributed by atoms with Gasteiger partial charge in [0.15, 0.2) is 0 Å². The maximum absolute atomic E-state index is 11.9. The van der Waals surface area contributed by atoms with E-state index in [0.29, 0.717) is 11.1 Å². The second kappa shape index (κ2) is 5.48. The summed E-state index contributed by atoms with van der Waals surface area (Å²) in [6, 6.07) is 14.0. The van der Waals surface area contributed by atoms with Gasteiger partial charge in [-0.3, -0.25) is 0 Å². The van der Waals surface area contributed by atoms with Crippen molar-refractivity contribution in [3.8, 4) is 0 Å². The fraction of sp³-hybridized carbons (Fsp3) is 0.125. The molecular formula is C16H14O3. The molecular weight excluding hydrogens is 240 g/mol. The third-order valence-corrected chi connectivity index (χ3v) is 2.92. The van der Waals surface area contributed by atoms with E-state index in [9.17, 15) is 9.59 Å². The molecule has 0 bridgehead atoms. The van der Waals surface area contributed by atoms with E-state index in [1.54, 1.807) is 50.2 Å². The lowest BCUT2D eigenvalue weighted by Gasteiger charge is -2.07. The molecule has 2 aromatic carbocycles. The average Bonchev–Trinajstić information content (AvgIpc) is 2.39. The van der Waals surface area contributed by atoms with Gasteiger partial charge < -0.3 is 4.74 Å². The molecule has 0 N–H and O–H groups in total. The van der Waals surface area contributed by atoms with Gasteiger partial charge in [0.05, 0.1) is 11.1 Å². The van der Waals surface area contributed by atoms with E-state index in [-0.39, 0.29) is 0 Å². The highest BCUT2D eigenvalue weighted by Gasteiger charge is 2.17. The van der Waals surface area contributed by atoms with Crippen molar-refractivity contribution in [3.63, 3.8) is 0 Å². The number of carbonyl (C=O) groups is 2. The van der Waals surface area contributed by atoms with Crippen molar-refractivity contribution in [1.82, 2.24) is 0 Å². The molecule has 3 nitrogen and oxygen atoms in total. The van der Waals surface area contributed by atoms with Gasteiger partial charge in [-0.2, -0.15) is 0 Å². The first-order valence-electron chi connectivity index (χ1n) is 5.97. The van der Waals surface area contributed by atoms with E-state index in [1.807, 2.05) is 12.1 Å². The Morgan fingerprint density at radius 1 is 0.737 bits per heavy atom. The van der Waals surface area contributed by atoms with Crippen molar-refractivity contribution in [2.24, 2.45) is 0 Å². The number of hydrogen-bond acceptors (Lipinski definition) is 3. The summed E-state index contributed by atoms with van der Waals surface area (Å²) in [5, 5.41) is 0. The van der Waals surface area contributed by atoms with Crippen LogP contribution in [0, 0.1) is 13.8 Å². The van der Waals surface area contributed by atoms with Crippen LogP contribution in [0.5, 0.6) is 0 Å². The van der Waals surface area contributed by atoms with E-state index in [1.165, 1.54) is 0 Å². The van der Waals surface area contributed by atoms with E-state index >= 15 is 0 Å². The lowest BCUT2D eigenvalue weighted by Crippen LogP contribution is -2.14. The van der Waals surface area contributed by atoms with Gasteiger partial charge in [-0.1, -0.05) is 36.4 Å². The van der Waals surface area contributed by atoms with Gasteiger partial charge in [0.1, 0.15) is 0 Å². The van der Waals surface area contributed by atoms with Crippen LogP contribution in [0.4, 0.5) is 0 Å². The summed E-state index contributed by atoms with van der Waals surface area (Å²) in [6.45, 7) is 3.60. The van der Waals surface area contributed by atoms with Crippen LogP contribution in [0.15, 0.2) is 48.5 Å². The van der Waals surface area contributed by atoms with E-state index in [0.717, 1.165) is 11.1 Å². The largest absolute Gasteiger partial charge is 0.386 e. The van der Waals surface area contributed by atoms with Crippen LogP contribution in [-0.4, -0.2) is 11.9 Å². The molecule has 0 aliphatic heterocycles. The Morgan fingerprint density at radius 3 is 1.47 bits per heavy atom. The SMILES string of the molecule is Cc1ccccc1C(=O)OC(=O)c1ccccc1C. The zero-order chi connectivity index (χ0) is 13.8. The number of rotatable bonds is 2. The molecule has 0 saturated heterocycles. The Morgan fingerprint density at radius 2 is 1.11 bits per heavy atom. The van der Waals surface area contributed by atoms with Gasteiger partial charge in [0.25, 0.3) is 0 Å². The zero-order valence-electron chi connectivity index (χ0n) is 10.8. The average molecular weight is 254 g/mol. The van der Waals surface area contributed by atoms with Crippen LogP contribution in [0.2, 0.25) is 0 Å². The lowest BCUT2D eigenvalue weighted by atomic mass is 10.1. The summed E-state index contributed by atoms with van der Waals surface area (Å²) in [7, 11) is 0. The standard InChI is InChI=1S/C16H14O3/c1-11-7-3-5-9-13(11)15(17)19-16(18)14-10-6-4-8-12(14)2/h3-10H,1-2H3. The molecule has 96 valence electrons. The summed E-state index contributed by atoms with van der Waals surface area (Å²) >= 11 is 0. The highest BCUT2D eigenvalue weighted by molar-refractivity contribution is 6.03. The Bertz CT molecular complexity index is 574. The molecule has 2 rings (SSSR count). The van der Waals surface area contributed by atoms with Gasteiger partial charge in [0, 0.05) is 0 Å². The van der Waals surface area contributed by atoms with Crippen molar-refractivity contribution < 1.29 is 14.3 Å². The van der Waals surface area contributed by atoms with Crippen LogP contribution < -0.4 is 0 Å². The van der Waals surface area contributed by atoms with Crippen LogP contribution in [0.3, 0.4) is 0 Å². The normalized spacial score (nSPS) is 10.0. The highest BCUT2D eigenvalue weighted by atomic mass is 16.6. The molecule has 0 saturated carbocycles. The minimum atomic E-state index is -0.619. The first-order valence-corrected chi connectivity index (χ1v) is 5.97. The Balaban J connectivity index is 2.19. The van der Waals surface area contributed by atoms with Crippen LogP contribution in [-0.2, 0) is 4.74 Å². The quantitative estimate of drug-likeness (QED) is 0.610. The van der Waals surface area contributed by atoms with Crippen LogP contribution in [0.1, 0.15) is 31.8 Å². The van der Waals surface area contributed by atoms with Gasteiger partial charge >= 0.3 is 11.9 Å². The van der Waals surface area contributed by atoms with E-state index < -0.39 is 11.9 Å².